The molecule has 2 unspecified atom stereocenters. The molecule has 7 rings (SSSR count). The molecular formula is C20H23N7O3. The van der Waals surface area contributed by atoms with E-state index in [0.29, 0.717) is 23.6 Å². The Bertz CT molecular complexity index is 1150. The third-order valence-electron chi connectivity index (χ3n) is 7.42. The van der Waals surface area contributed by atoms with E-state index in [-0.39, 0.29) is 21.6 Å². The van der Waals surface area contributed by atoms with Crippen molar-refractivity contribution in [2.24, 2.45) is 18.9 Å². The molecule has 0 spiro atoms. The second-order valence-electron chi connectivity index (χ2n) is 9.58. The van der Waals surface area contributed by atoms with Gasteiger partial charge >= 0.3 is 5.69 Å². The lowest BCUT2D eigenvalue weighted by molar-refractivity contribution is -0.385. The monoisotopic (exact) mass is 409 g/mol. The molecule has 0 saturated heterocycles. The van der Waals surface area contributed by atoms with Gasteiger partial charge in [0, 0.05) is 13.2 Å². The molecule has 3 heterocycles. The number of hydrogen-bond donors (Lipinski definition) is 0. The molecule has 4 bridgehead atoms. The van der Waals surface area contributed by atoms with Crippen molar-refractivity contribution < 1.29 is 9.34 Å². The van der Waals surface area contributed by atoms with Gasteiger partial charge in [-0.2, -0.15) is 10.2 Å². The van der Waals surface area contributed by atoms with Gasteiger partial charge in [-0.3, -0.25) is 19.5 Å². The van der Waals surface area contributed by atoms with Crippen LogP contribution < -0.4 is 0 Å². The summed E-state index contributed by atoms with van der Waals surface area (Å²) in [4.78, 5) is 10.8. The standard InChI is InChI=1S/C20H23N7O3/c1-12-16(10-25(2)24-12)17-22-23-18(30-17)19-4-13-3-14(5-19)7-20(6-13,11-19)26-9-15(8-21-26)27(28)29/h8-10,13-14H,3-7,11H2,1-2H3. The minimum Gasteiger partial charge on any atom is -0.420 e. The number of aryl methyl sites for hydroxylation is 2. The zero-order chi connectivity index (χ0) is 20.7. The minimum atomic E-state index is -0.375. The molecule has 30 heavy (non-hydrogen) atoms. The van der Waals surface area contributed by atoms with E-state index in [2.05, 4.69) is 20.4 Å². The van der Waals surface area contributed by atoms with Crippen molar-refractivity contribution in [1.82, 2.24) is 29.8 Å². The SMILES string of the molecule is Cc1nn(C)cc1-c1nnc(C23CC4CC(C2)CC(n2cc([N+](=O)[O-])cn2)(C4)C3)o1. The summed E-state index contributed by atoms with van der Waals surface area (Å²) in [6.45, 7) is 1.93. The van der Waals surface area contributed by atoms with E-state index in [0.717, 1.165) is 43.4 Å². The van der Waals surface area contributed by atoms with Gasteiger partial charge in [-0.1, -0.05) is 0 Å². The minimum absolute atomic E-state index is 0.0481. The normalized spacial score (nSPS) is 32.1. The van der Waals surface area contributed by atoms with Crippen LogP contribution in [0.2, 0.25) is 0 Å². The molecule has 4 saturated carbocycles. The lowest BCUT2D eigenvalue weighted by Crippen LogP contribution is -2.58. The average Bonchev–Trinajstić information content (AvgIpc) is 3.40. The molecule has 4 aliphatic rings. The van der Waals surface area contributed by atoms with Crippen molar-refractivity contribution >= 4 is 5.69 Å². The van der Waals surface area contributed by atoms with Gasteiger partial charge in [-0.25, -0.2) is 0 Å². The fraction of sp³-hybridized carbons (Fsp3) is 0.600. The maximum atomic E-state index is 11.2. The molecule has 0 aromatic carbocycles. The highest BCUT2D eigenvalue weighted by Crippen LogP contribution is 2.64. The van der Waals surface area contributed by atoms with E-state index in [1.54, 1.807) is 10.9 Å². The van der Waals surface area contributed by atoms with Crippen molar-refractivity contribution in [3.63, 3.8) is 0 Å². The highest BCUT2D eigenvalue weighted by atomic mass is 16.6. The largest absolute Gasteiger partial charge is 0.420 e. The first-order chi connectivity index (χ1) is 14.4. The topological polar surface area (TPSA) is 118 Å². The summed E-state index contributed by atoms with van der Waals surface area (Å²) >= 11 is 0. The molecule has 156 valence electrons. The summed E-state index contributed by atoms with van der Waals surface area (Å²) in [5.41, 5.74) is 1.37. The Balaban J connectivity index is 1.40. The van der Waals surface area contributed by atoms with Gasteiger partial charge in [-0.15, -0.1) is 10.2 Å². The predicted molar refractivity (Wildman–Crippen MR) is 104 cm³/mol. The van der Waals surface area contributed by atoms with Gasteiger partial charge in [0.15, 0.2) is 0 Å². The van der Waals surface area contributed by atoms with Crippen LogP contribution in [0.4, 0.5) is 5.69 Å². The summed E-state index contributed by atoms with van der Waals surface area (Å²) in [5.74, 6) is 2.30. The van der Waals surface area contributed by atoms with Gasteiger partial charge < -0.3 is 4.42 Å². The zero-order valence-electron chi connectivity index (χ0n) is 17.0. The smallest absolute Gasteiger partial charge is 0.307 e. The predicted octanol–water partition coefficient (Wildman–Crippen LogP) is 3.13. The summed E-state index contributed by atoms with van der Waals surface area (Å²) in [5, 5.41) is 28.9. The van der Waals surface area contributed by atoms with Crippen molar-refractivity contribution in [3.05, 3.63) is 40.3 Å². The van der Waals surface area contributed by atoms with Gasteiger partial charge in [0.05, 0.1) is 27.1 Å². The molecule has 4 fully saturated rings. The van der Waals surface area contributed by atoms with E-state index in [4.69, 9.17) is 4.42 Å². The van der Waals surface area contributed by atoms with Gasteiger partial charge in [0.1, 0.15) is 12.4 Å². The molecule has 10 nitrogen and oxygen atoms in total. The summed E-state index contributed by atoms with van der Waals surface area (Å²) < 4.78 is 9.87. The van der Waals surface area contributed by atoms with Crippen LogP contribution >= 0.6 is 0 Å². The van der Waals surface area contributed by atoms with E-state index in [1.807, 2.05) is 24.9 Å². The van der Waals surface area contributed by atoms with Crippen molar-refractivity contribution in [3.8, 4) is 11.5 Å². The number of hydrogen-bond acceptors (Lipinski definition) is 7. The Hall–Kier alpha value is -3.04. The third kappa shape index (κ3) is 2.42. The fourth-order valence-electron chi connectivity index (χ4n) is 6.76. The lowest BCUT2D eigenvalue weighted by Gasteiger charge is -2.60. The maximum Gasteiger partial charge on any atom is 0.307 e. The highest BCUT2D eigenvalue weighted by Gasteiger charge is 2.61. The molecule has 0 amide bonds. The first-order valence-corrected chi connectivity index (χ1v) is 10.4. The van der Waals surface area contributed by atoms with Crippen LogP contribution in [0.25, 0.3) is 11.5 Å². The Morgan fingerprint density at radius 2 is 1.97 bits per heavy atom. The molecular weight excluding hydrogens is 386 g/mol. The molecule has 4 aliphatic carbocycles. The Morgan fingerprint density at radius 3 is 2.60 bits per heavy atom. The van der Waals surface area contributed by atoms with Crippen LogP contribution in [-0.4, -0.2) is 34.7 Å². The molecule has 0 aliphatic heterocycles. The van der Waals surface area contributed by atoms with Crippen molar-refractivity contribution in [1.29, 1.82) is 0 Å². The van der Waals surface area contributed by atoms with Gasteiger partial charge in [-0.05, 0) is 57.3 Å². The van der Waals surface area contributed by atoms with Crippen LogP contribution in [0.1, 0.15) is 50.1 Å². The van der Waals surface area contributed by atoms with Crippen molar-refractivity contribution in [2.45, 2.75) is 56.4 Å². The van der Waals surface area contributed by atoms with Crippen LogP contribution in [0.3, 0.4) is 0 Å². The first-order valence-electron chi connectivity index (χ1n) is 10.4. The molecule has 0 N–H and O–H groups in total. The second kappa shape index (κ2) is 5.77. The second-order valence-corrected chi connectivity index (χ2v) is 9.58. The van der Waals surface area contributed by atoms with Crippen LogP contribution in [0.15, 0.2) is 23.0 Å². The quantitative estimate of drug-likeness (QED) is 0.480. The molecule has 10 heteroatoms. The zero-order valence-corrected chi connectivity index (χ0v) is 17.0. The van der Waals surface area contributed by atoms with Crippen LogP contribution in [0.5, 0.6) is 0 Å². The van der Waals surface area contributed by atoms with E-state index < -0.39 is 0 Å². The number of nitrogens with zero attached hydrogens (tertiary/aromatic N) is 7. The maximum absolute atomic E-state index is 11.2. The summed E-state index contributed by atoms with van der Waals surface area (Å²) in [6.07, 6.45) is 11.0. The number of rotatable bonds is 4. The molecule has 3 aromatic heterocycles. The fourth-order valence-corrected chi connectivity index (χ4v) is 6.76. The lowest BCUT2D eigenvalue weighted by atomic mass is 9.47. The van der Waals surface area contributed by atoms with E-state index >= 15 is 0 Å². The Kier molecular flexibility index (Phi) is 3.42. The van der Waals surface area contributed by atoms with Crippen molar-refractivity contribution in [2.75, 3.05) is 0 Å². The van der Waals surface area contributed by atoms with E-state index in [9.17, 15) is 10.1 Å². The molecule has 3 aromatic rings. The molecule has 2 atom stereocenters. The average molecular weight is 409 g/mol. The molecule has 0 radical (unpaired) electrons. The highest BCUT2D eigenvalue weighted by molar-refractivity contribution is 5.54. The summed E-state index contributed by atoms with van der Waals surface area (Å²) in [7, 11) is 1.87. The first kappa shape index (κ1) is 17.8. The summed E-state index contributed by atoms with van der Waals surface area (Å²) in [6, 6.07) is 0. The van der Waals surface area contributed by atoms with Gasteiger partial charge in [0.25, 0.3) is 5.89 Å². The third-order valence-corrected chi connectivity index (χ3v) is 7.42. The number of nitro groups is 1. The van der Waals surface area contributed by atoms with Crippen LogP contribution in [0, 0.1) is 28.9 Å². The Labute approximate surface area is 172 Å². The Morgan fingerprint density at radius 1 is 1.20 bits per heavy atom. The van der Waals surface area contributed by atoms with Crippen LogP contribution in [-0.2, 0) is 18.0 Å². The van der Waals surface area contributed by atoms with Gasteiger partial charge in [0.2, 0.25) is 5.89 Å². The number of aromatic nitrogens is 6. The van der Waals surface area contributed by atoms with E-state index in [1.165, 1.54) is 12.6 Å².